The van der Waals surface area contributed by atoms with Gasteiger partial charge >= 0.3 is 6.18 Å². The molecule has 0 aromatic heterocycles. The topological polar surface area (TPSA) is 33.7 Å². The van der Waals surface area contributed by atoms with E-state index in [0.717, 1.165) is 12.0 Å². The Morgan fingerprint density at radius 1 is 1.29 bits per heavy atom. The predicted molar refractivity (Wildman–Crippen MR) is 86.9 cm³/mol. The van der Waals surface area contributed by atoms with Crippen molar-refractivity contribution in [1.29, 1.82) is 0 Å². The Morgan fingerprint density at radius 2 is 2.04 bits per heavy atom. The molecule has 1 N–H and O–H groups in total. The number of alkyl halides is 3. The van der Waals surface area contributed by atoms with Crippen LogP contribution in [0.4, 0.5) is 13.2 Å². The van der Waals surface area contributed by atoms with Crippen molar-refractivity contribution in [2.45, 2.75) is 19.1 Å². The van der Waals surface area contributed by atoms with Crippen molar-refractivity contribution in [3.63, 3.8) is 0 Å². The highest BCUT2D eigenvalue weighted by atomic mass is 35.5. The third-order valence-corrected chi connectivity index (χ3v) is 4.31. The van der Waals surface area contributed by atoms with E-state index in [2.05, 4.69) is 5.32 Å². The van der Waals surface area contributed by atoms with Crippen molar-refractivity contribution in [3.8, 4) is 11.5 Å². The van der Waals surface area contributed by atoms with Crippen molar-refractivity contribution in [2.75, 3.05) is 40.4 Å². The summed E-state index contributed by atoms with van der Waals surface area (Å²) in [6.07, 6.45) is -3.35. The second kappa shape index (κ2) is 8.27. The van der Waals surface area contributed by atoms with Gasteiger partial charge in [-0.3, -0.25) is 4.90 Å². The fraction of sp³-hybridized carbons (Fsp3) is 0.625. The summed E-state index contributed by atoms with van der Waals surface area (Å²) in [7, 11) is 3.06. The maximum absolute atomic E-state index is 12.4. The summed E-state index contributed by atoms with van der Waals surface area (Å²) in [5, 5.41) is 3.74. The molecule has 8 heteroatoms. The average molecular weight is 367 g/mol. The Morgan fingerprint density at radius 3 is 2.67 bits per heavy atom. The molecule has 0 saturated carbocycles. The van der Waals surface area contributed by atoms with E-state index < -0.39 is 12.7 Å². The van der Waals surface area contributed by atoms with Gasteiger partial charge in [0.15, 0.2) is 11.5 Å². The fourth-order valence-electron chi connectivity index (χ4n) is 2.97. The first kappa shape index (κ1) is 19.1. The van der Waals surface area contributed by atoms with Gasteiger partial charge in [0.2, 0.25) is 0 Å². The molecule has 0 radical (unpaired) electrons. The lowest BCUT2D eigenvalue weighted by atomic mass is 10.1. The first-order chi connectivity index (χ1) is 11.3. The highest BCUT2D eigenvalue weighted by Gasteiger charge is 2.34. The van der Waals surface area contributed by atoms with E-state index in [1.165, 1.54) is 12.0 Å². The van der Waals surface area contributed by atoms with Crippen LogP contribution in [0.5, 0.6) is 11.5 Å². The Labute approximate surface area is 144 Å². The standard InChI is InChI=1S/C16H22ClF3N2O2/c1-23-14-6-12(5-13(17)15(14)24-2)8-21-7-11-3-4-22(9-11)10-16(18,19)20/h5-6,11,21H,3-4,7-10H2,1-2H3. The first-order valence-corrected chi connectivity index (χ1v) is 8.10. The van der Waals surface area contributed by atoms with Crippen molar-refractivity contribution >= 4 is 11.6 Å². The van der Waals surface area contributed by atoms with Crippen LogP contribution in [0.15, 0.2) is 12.1 Å². The normalized spacial score (nSPS) is 18.8. The zero-order valence-electron chi connectivity index (χ0n) is 13.8. The average Bonchev–Trinajstić information content (AvgIpc) is 2.91. The lowest BCUT2D eigenvalue weighted by Gasteiger charge is -2.18. The Hall–Kier alpha value is -1.18. The summed E-state index contributed by atoms with van der Waals surface area (Å²) in [5.41, 5.74) is 0.933. The van der Waals surface area contributed by atoms with Gasteiger partial charge in [-0.15, -0.1) is 0 Å². The zero-order valence-corrected chi connectivity index (χ0v) is 14.5. The molecule has 1 atom stereocenters. The monoisotopic (exact) mass is 366 g/mol. The highest BCUT2D eigenvalue weighted by Crippen LogP contribution is 2.36. The molecule has 1 aromatic rings. The molecule has 1 aromatic carbocycles. The number of hydrogen-bond acceptors (Lipinski definition) is 4. The van der Waals surface area contributed by atoms with E-state index in [1.807, 2.05) is 6.07 Å². The molecule has 1 saturated heterocycles. The summed E-state index contributed by atoms with van der Waals surface area (Å²) < 4.78 is 47.6. The molecule has 2 rings (SSSR count). The number of halogens is 4. The predicted octanol–water partition coefficient (Wildman–Crippen LogP) is 3.33. The Balaban J connectivity index is 1.82. The number of benzene rings is 1. The summed E-state index contributed by atoms with van der Waals surface area (Å²) in [5.74, 6) is 1.27. The van der Waals surface area contributed by atoms with E-state index in [1.54, 1.807) is 13.2 Å². The van der Waals surface area contributed by atoms with Crippen molar-refractivity contribution in [1.82, 2.24) is 10.2 Å². The molecule has 136 valence electrons. The summed E-state index contributed by atoms with van der Waals surface area (Å²) in [6, 6.07) is 3.63. The maximum atomic E-state index is 12.4. The lowest BCUT2D eigenvalue weighted by Crippen LogP contribution is -2.33. The van der Waals surface area contributed by atoms with E-state index in [4.69, 9.17) is 21.1 Å². The molecule has 24 heavy (non-hydrogen) atoms. The van der Waals surface area contributed by atoms with Crippen LogP contribution in [0.3, 0.4) is 0 Å². The van der Waals surface area contributed by atoms with Gasteiger partial charge < -0.3 is 14.8 Å². The van der Waals surface area contributed by atoms with Crippen LogP contribution in [0.25, 0.3) is 0 Å². The van der Waals surface area contributed by atoms with Crippen molar-refractivity contribution in [2.24, 2.45) is 5.92 Å². The van der Waals surface area contributed by atoms with Crippen LogP contribution in [0, 0.1) is 5.92 Å². The van der Waals surface area contributed by atoms with Gasteiger partial charge in [-0.2, -0.15) is 13.2 Å². The molecular weight excluding hydrogens is 345 g/mol. The summed E-state index contributed by atoms with van der Waals surface area (Å²) >= 11 is 6.15. The molecule has 1 aliphatic rings. The van der Waals surface area contributed by atoms with Gasteiger partial charge in [-0.05, 0) is 43.1 Å². The van der Waals surface area contributed by atoms with Gasteiger partial charge in [0, 0.05) is 13.1 Å². The molecule has 4 nitrogen and oxygen atoms in total. The van der Waals surface area contributed by atoms with Gasteiger partial charge in [0.05, 0.1) is 25.8 Å². The van der Waals surface area contributed by atoms with E-state index in [0.29, 0.717) is 42.7 Å². The van der Waals surface area contributed by atoms with Gasteiger partial charge in [-0.25, -0.2) is 0 Å². The number of methoxy groups -OCH3 is 2. The van der Waals surface area contributed by atoms with Crippen molar-refractivity contribution in [3.05, 3.63) is 22.7 Å². The van der Waals surface area contributed by atoms with Gasteiger partial charge in [0.25, 0.3) is 0 Å². The Bertz CT molecular complexity index is 555. The maximum Gasteiger partial charge on any atom is 0.401 e. The molecule has 1 fully saturated rings. The molecule has 1 unspecified atom stereocenters. The van der Waals surface area contributed by atoms with Crippen LogP contribution >= 0.6 is 11.6 Å². The van der Waals surface area contributed by atoms with Gasteiger partial charge in [0.1, 0.15) is 0 Å². The minimum atomic E-state index is -4.13. The lowest BCUT2D eigenvalue weighted by molar-refractivity contribution is -0.143. The van der Waals surface area contributed by atoms with Gasteiger partial charge in [-0.1, -0.05) is 11.6 Å². The SMILES string of the molecule is COc1cc(CNCC2CCN(CC(F)(F)F)C2)cc(Cl)c1OC. The smallest absolute Gasteiger partial charge is 0.401 e. The van der Waals surface area contributed by atoms with E-state index >= 15 is 0 Å². The van der Waals surface area contributed by atoms with E-state index in [-0.39, 0.29) is 5.92 Å². The molecular formula is C16H22ClF3N2O2. The molecule has 1 aliphatic heterocycles. The first-order valence-electron chi connectivity index (χ1n) is 7.72. The zero-order chi connectivity index (χ0) is 17.7. The molecule has 1 heterocycles. The minimum absolute atomic E-state index is 0.225. The van der Waals surface area contributed by atoms with Crippen LogP contribution < -0.4 is 14.8 Å². The molecule has 0 spiro atoms. The Kier molecular flexibility index (Phi) is 6.60. The number of nitrogens with one attached hydrogen (secondary N) is 1. The van der Waals surface area contributed by atoms with Crippen LogP contribution in [0.2, 0.25) is 5.02 Å². The highest BCUT2D eigenvalue weighted by molar-refractivity contribution is 6.32. The second-order valence-corrected chi connectivity index (χ2v) is 6.36. The number of nitrogens with zero attached hydrogens (tertiary/aromatic N) is 1. The molecule has 0 bridgehead atoms. The number of likely N-dealkylation sites (tertiary alicyclic amines) is 1. The van der Waals surface area contributed by atoms with Crippen LogP contribution in [-0.2, 0) is 6.54 Å². The van der Waals surface area contributed by atoms with Crippen molar-refractivity contribution < 1.29 is 22.6 Å². The van der Waals surface area contributed by atoms with Crippen LogP contribution in [-0.4, -0.2) is 51.5 Å². The number of hydrogen-bond donors (Lipinski definition) is 1. The number of rotatable bonds is 7. The summed E-state index contributed by atoms with van der Waals surface area (Å²) in [4.78, 5) is 1.46. The second-order valence-electron chi connectivity index (χ2n) is 5.95. The summed E-state index contributed by atoms with van der Waals surface area (Å²) in [6.45, 7) is 1.37. The quantitative estimate of drug-likeness (QED) is 0.802. The third kappa shape index (κ3) is 5.43. The minimum Gasteiger partial charge on any atom is -0.493 e. The largest absolute Gasteiger partial charge is 0.493 e. The molecule has 0 aliphatic carbocycles. The third-order valence-electron chi connectivity index (χ3n) is 4.03. The fourth-order valence-corrected chi connectivity index (χ4v) is 3.28. The van der Waals surface area contributed by atoms with E-state index in [9.17, 15) is 13.2 Å². The number of ether oxygens (including phenoxy) is 2. The molecule has 0 amide bonds. The van der Waals surface area contributed by atoms with Crippen LogP contribution in [0.1, 0.15) is 12.0 Å².